The lowest BCUT2D eigenvalue weighted by atomic mass is 9.88. The number of carbonyl (C=O) groups excluding carboxylic acids is 3. The third kappa shape index (κ3) is 6.18. The zero-order chi connectivity index (χ0) is 24.0. The van der Waals surface area contributed by atoms with Crippen LogP contribution in [-0.4, -0.2) is 47.8 Å². The van der Waals surface area contributed by atoms with E-state index >= 15 is 0 Å². The van der Waals surface area contributed by atoms with Crippen molar-refractivity contribution in [3.63, 3.8) is 0 Å². The molecule has 0 aliphatic carbocycles. The Morgan fingerprint density at radius 1 is 1.03 bits per heavy atom. The van der Waals surface area contributed by atoms with Crippen molar-refractivity contribution < 1.29 is 18.8 Å². The van der Waals surface area contributed by atoms with Crippen molar-refractivity contribution in [2.45, 2.75) is 52.1 Å². The Bertz CT molecular complexity index is 985. The van der Waals surface area contributed by atoms with E-state index in [1.165, 1.54) is 24.3 Å². The van der Waals surface area contributed by atoms with Crippen LogP contribution in [0.2, 0.25) is 0 Å². The van der Waals surface area contributed by atoms with Gasteiger partial charge in [-0.1, -0.05) is 25.1 Å². The molecule has 2 atom stereocenters. The number of rotatable bonds is 7. The molecule has 2 N–H and O–H groups in total. The third-order valence-electron chi connectivity index (χ3n) is 6.35. The van der Waals surface area contributed by atoms with E-state index in [4.69, 9.17) is 0 Å². The van der Waals surface area contributed by atoms with E-state index < -0.39 is 6.04 Å². The number of nitrogens with one attached hydrogen (secondary N) is 2. The summed E-state index contributed by atoms with van der Waals surface area (Å²) in [6.07, 6.45) is 1.95. The molecule has 1 aliphatic heterocycles. The van der Waals surface area contributed by atoms with Gasteiger partial charge in [0.15, 0.2) is 0 Å². The van der Waals surface area contributed by atoms with Crippen molar-refractivity contribution >= 4 is 17.7 Å². The maximum absolute atomic E-state index is 13.2. The van der Waals surface area contributed by atoms with Crippen LogP contribution in [0.1, 0.15) is 59.4 Å². The number of hydrogen-bond donors (Lipinski definition) is 2. The lowest BCUT2D eigenvalue weighted by Crippen LogP contribution is -2.55. The molecule has 0 saturated carbocycles. The number of likely N-dealkylation sites (tertiary alicyclic amines) is 1. The molecular weight excluding hydrogens is 421 g/mol. The molecule has 7 heteroatoms. The van der Waals surface area contributed by atoms with Gasteiger partial charge in [-0.15, -0.1) is 0 Å². The Labute approximate surface area is 194 Å². The van der Waals surface area contributed by atoms with Gasteiger partial charge in [-0.05, 0) is 74.9 Å². The van der Waals surface area contributed by atoms with Crippen LogP contribution in [0.15, 0.2) is 48.5 Å². The summed E-state index contributed by atoms with van der Waals surface area (Å²) >= 11 is 0. The van der Waals surface area contributed by atoms with Crippen LogP contribution in [0.25, 0.3) is 0 Å². The van der Waals surface area contributed by atoms with E-state index in [2.05, 4.69) is 10.6 Å². The second kappa shape index (κ2) is 11.1. The molecule has 2 aromatic rings. The SMILES string of the molecule is CC[C@@H](C)NC(=O)[C@@H](NC(=O)c1ccccc1C)C1CCN(C(=O)c2ccc(F)cc2)CC1. The van der Waals surface area contributed by atoms with Crippen LogP contribution in [0.4, 0.5) is 4.39 Å². The maximum Gasteiger partial charge on any atom is 0.253 e. The average Bonchev–Trinajstić information content (AvgIpc) is 2.82. The molecule has 0 bridgehead atoms. The smallest absolute Gasteiger partial charge is 0.253 e. The molecule has 1 heterocycles. The fourth-order valence-electron chi connectivity index (χ4n) is 4.09. The number of hydrogen-bond acceptors (Lipinski definition) is 3. The molecule has 1 fully saturated rings. The number of aryl methyl sites for hydroxylation is 1. The van der Waals surface area contributed by atoms with Crippen LogP contribution in [0, 0.1) is 18.7 Å². The minimum absolute atomic E-state index is 0.00416. The Morgan fingerprint density at radius 3 is 2.27 bits per heavy atom. The van der Waals surface area contributed by atoms with Crippen molar-refractivity contribution in [3.05, 3.63) is 71.0 Å². The summed E-state index contributed by atoms with van der Waals surface area (Å²) in [7, 11) is 0. The van der Waals surface area contributed by atoms with Gasteiger partial charge in [0, 0.05) is 30.3 Å². The van der Waals surface area contributed by atoms with E-state index in [1.807, 2.05) is 32.9 Å². The minimum Gasteiger partial charge on any atom is -0.352 e. The molecule has 1 aliphatic rings. The van der Waals surface area contributed by atoms with Gasteiger partial charge in [0.05, 0.1) is 0 Å². The van der Waals surface area contributed by atoms with Crippen molar-refractivity contribution in [1.82, 2.24) is 15.5 Å². The Balaban J connectivity index is 1.71. The van der Waals surface area contributed by atoms with Crippen LogP contribution < -0.4 is 10.6 Å². The summed E-state index contributed by atoms with van der Waals surface area (Å²) in [5, 5.41) is 5.95. The largest absolute Gasteiger partial charge is 0.352 e. The van der Waals surface area contributed by atoms with Gasteiger partial charge in [-0.3, -0.25) is 14.4 Å². The lowest BCUT2D eigenvalue weighted by Gasteiger charge is -2.36. The van der Waals surface area contributed by atoms with Gasteiger partial charge >= 0.3 is 0 Å². The lowest BCUT2D eigenvalue weighted by molar-refractivity contribution is -0.125. The standard InChI is InChI=1S/C26H32FN3O3/c1-4-18(3)28-25(32)23(29-24(31)22-8-6-5-7-17(22)2)19-13-15-30(16-14-19)26(33)20-9-11-21(27)12-10-20/h5-12,18-19,23H,4,13-16H2,1-3H3,(H,28,32)(H,29,31)/t18-,23+/m1/s1. The topological polar surface area (TPSA) is 78.5 Å². The summed E-state index contributed by atoms with van der Waals surface area (Å²) in [6, 6.07) is 12.1. The van der Waals surface area contributed by atoms with E-state index in [1.54, 1.807) is 17.0 Å². The van der Waals surface area contributed by atoms with E-state index in [0.717, 1.165) is 12.0 Å². The Hall–Kier alpha value is -3.22. The molecule has 0 unspecified atom stereocenters. The molecule has 3 amide bonds. The van der Waals surface area contributed by atoms with Gasteiger partial charge in [-0.2, -0.15) is 0 Å². The number of piperidine rings is 1. The molecule has 3 rings (SSSR count). The second-order valence-corrected chi connectivity index (χ2v) is 8.72. The van der Waals surface area contributed by atoms with E-state index in [9.17, 15) is 18.8 Å². The van der Waals surface area contributed by atoms with E-state index in [-0.39, 0.29) is 35.5 Å². The van der Waals surface area contributed by atoms with Crippen LogP contribution in [0.5, 0.6) is 0 Å². The number of carbonyl (C=O) groups is 3. The van der Waals surface area contributed by atoms with Crippen molar-refractivity contribution in [2.24, 2.45) is 5.92 Å². The zero-order valence-corrected chi connectivity index (χ0v) is 19.4. The van der Waals surface area contributed by atoms with Crippen molar-refractivity contribution in [2.75, 3.05) is 13.1 Å². The Kier molecular flexibility index (Phi) is 8.20. The second-order valence-electron chi connectivity index (χ2n) is 8.72. The first-order valence-corrected chi connectivity index (χ1v) is 11.5. The highest BCUT2D eigenvalue weighted by atomic mass is 19.1. The molecule has 33 heavy (non-hydrogen) atoms. The molecule has 0 aromatic heterocycles. The fourth-order valence-corrected chi connectivity index (χ4v) is 4.09. The highest BCUT2D eigenvalue weighted by Crippen LogP contribution is 2.23. The first kappa shape index (κ1) is 24.4. The van der Waals surface area contributed by atoms with Crippen LogP contribution in [0.3, 0.4) is 0 Å². The first-order valence-electron chi connectivity index (χ1n) is 11.5. The number of halogens is 1. The van der Waals surface area contributed by atoms with Crippen molar-refractivity contribution in [3.8, 4) is 0 Å². The number of amides is 3. The fraction of sp³-hybridized carbons (Fsp3) is 0.423. The number of nitrogens with zero attached hydrogens (tertiary/aromatic N) is 1. The average molecular weight is 454 g/mol. The third-order valence-corrected chi connectivity index (χ3v) is 6.35. The summed E-state index contributed by atoms with van der Waals surface area (Å²) in [5.41, 5.74) is 1.83. The molecule has 0 spiro atoms. The summed E-state index contributed by atoms with van der Waals surface area (Å²) in [4.78, 5) is 40.5. The first-order chi connectivity index (χ1) is 15.8. The highest BCUT2D eigenvalue weighted by molar-refractivity contribution is 5.98. The number of benzene rings is 2. The van der Waals surface area contributed by atoms with Crippen LogP contribution in [-0.2, 0) is 4.79 Å². The molecule has 0 radical (unpaired) electrons. The van der Waals surface area contributed by atoms with Crippen molar-refractivity contribution in [1.29, 1.82) is 0 Å². The van der Waals surface area contributed by atoms with Gasteiger partial charge in [-0.25, -0.2) is 4.39 Å². The minimum atomic E-state index is -0.686. The van der Waals surface area contributed by atoms with Gasteiger partial charge in [0.1, 0.15) is 11.9 Å². The van der Waals surface area contributed by atoms with Gasteiger partial charge in [0.25, 0.3) is 11.8 Å². The molecule has 6 nitrogen and oxygen atoms in total. The van der Waals surface area contributed by atoms with Gasteiger partial charge in [0.2, 0.25) is 5.91 Å². The monoisotopic (exact) mass is 453 g/mol. The summed E-state index contributed by atoms with van der Waals surface area (Å²) in [6.45, 7) is 6.72. The molecule has 1 saturated heterocycles. The maximum atomic E-state index is 13.2. The quantitative estimate of drug-likeness (QED) is 0.671. The van der Waals surface area contributed by atoms with Gasteiger partial charge < -0.3 is 15.5 Å². The normalized spacial score (nSPS) is 16.1. The predicted octanol–water partition coefficient (Wildman–Crippen LogP) is 3.70. The molecular formula is C26H32FN3O3. The Morgan fingerprint density at radius 2 is 1.67 bits per heavy atom. The van der Waals surface area contributed by atoms with E-state index in [0.29, 0.717) is 37.1 Å². The molecule has 176 valence electrons. The highest BCUT2D eigenvalue weighted by Gasteiger charge is 2.34. The van der Waals surface area contributed by atoms with Crippen LogP contribution >= 0.6 is 0 Å². The molecule has 2 aromatic carbocycles. The summed E-state index contributed by atoms with van der Waals surface area (Å²) < 4.78 is 13.2. The predicted molar refractivity (Wildman–Crippen MR) is 125 cm³/mol. The summed E-state index contributed by atoms with van der Waals surface area (Å²) in [5.74, 6) is -1.11. The zero-order valence-electron chi connectivity index (χ0n) is 19.4.